The number of thiazole rings is 1. The molecule has 2 aromatic heterocycles. The summed E-state index contributed by atoms with van der Waals surface area (Å²) in [6.07, 6.45) is 2.34. The van der Waals surface area contributed by atoms with Crippen LogP contribution in [0.15, 0.2) is 11.4 Å². The highest BCUT2D eigenvalue weighted by Gasteiger charge is 2.37. The molecule has 2 aromatic rings. The van der Waals surface area contributed by atoms with Crippen LogP contribution >= 0.6 is 11.3 Å². The molecule has 0 spiro atoms. The first-order valence-electron chi connectivity index (χ1n) is 9.43. The third-order valence-electron chi connectivity index (χ3n) is 5.77. The minimum Gasteiger partial charge on any atom is -0.337 e. The van der Waals surface area contributed by atoms with E-state index in [1.54, 1.807) is 16.0 Å². The summed E-state index contributed by atoms with van der Waals surface area (Å²) >= 11 is 1.73. The SMILES string of the molecule is Cc1cc(C(=O)N2C[C@H]3CCN(Cc4csc(C)n4)CC[C@H]3C2)n(C)n1. The molecule has 2 aliphatic rings. The van der Waals surface area contributed by atoms with E-state index in [0.717, 1.165) is 43.4 Å². The first-order valence-corrected chi connectivity index (χ1v) is 10.3. The number of aryl methyl sites for hydroxylation is 3. The van der Waals surface area contributed by atoms with Crippen LogP contribution in [0.25, 0.3) is 0 Å². The number of hydrogen-bond donors (Lipinski definition) is 0. The lowest BCUT2D eigenvalue weighted by Gasteiger charge is -2.21. The highest BCUT2D eigenvalue weighted by molar-refractivity contribution is 7.09. The normalized spacial score (nSPS) is 23.9. The zero-order valence-electron chi connectivity index (χ0n) is 15.8. The number of rotatable bonds is 3. The van der Waals surface area contributed by atoms with Gasteiger partial charge >= 0.3 is 0 Å². The number of carbonyl (C=O) groups excluding carboxylic acids is 1. The van der Waals surface area contributed by atoms with Gasteiger partial charge in [0.05, 0.1) is 16.4 Å². The van der Waals surface area contributed by atoms with Crippen LogP contribution in [-0.2, 0) is 13.6 Å². The number of fused-ring (bicyclic) bond motifs is 1. The van der Waals surface area contributed by atoms with E-state index < -0.39 is 0 Å². The predicted octanol–water partition coefficient (Wildman–Crippen LogP) is 2.48. The number of nitrogens with zero attached hydrogens (tertiary/aromatic N) is 5. The molecule has 7 heteroatoms. The summed E-state index contributed by atoms with van der Waals surface area (Å²) < 4.78 is 1.71. The molecular weight excluding hydrogens is 346 g/mol. The van der Waals surface area contributed by atoms with Crippen molar-refractivity contribution in [3.63, 3.8) is 0 Å². The zero-order valence-corrected chi connectivity index (χ0v) is 16.6. The minimum atomic E-state index is 0.135. The monoisotopic (exact) mass is 373 g/mol. The maximum Gasteiger partial charge on any atom is 0.272 e. The van der Waals surface area contributed by atoms with Crippen LogP contribution in [0.1, 0.15) is 39.7 Å². The molecular formula is C19H27N5OS. The summed E-state index contributed by atoms with van der Waals surface area (Å²) in [5.41, 5.74) is 2.81. The molecule has 4 rings (SSSR count). The van der Waals surface area contributed by atoms with Gasteiger partial charge in [-0.05, 0) is 57.7 Å². The molecule has 4 heterocycles. The number of aromatic nitrogens is 3. The Hall–Kier alpha value is -1.73. The van der Waals surface area contributed by atoms with Gasteiger partial charge in [0.1, 0.15) is 5.69 Å². The van der Waals surface area contributed by atoms with Crippen LogP contribution in [-0.4, -0.2) is 56.7 Å². The maximum atomic E-state index is 12.9. The van der Waals surface area contributed by atoms with E-state index in [2.05, 4.69) is 27.3 Å². The van der Waals surface area contributed by atoms with E-state index in [0.29, 0.717) is 17.5 Å². The van der Waals surface area contributed by atoms with Gasteiger partial charge in [0.25, 0.3) is 5.91 Å². The average molecular weight is 374 g/mol. The van der Waals surface area contributed by atoms with Crippen LogP contribution in [0, 0.1) is 25.7 Å². The third-order valence-corrected chi connectivity index (χ3v) is 6.59. The molecule has 2 fully saturated rings. The number of likely N-dealkylation sites (tertiary alicyclic amines) is 2. The Morgan fingerprint density at radius 2 is 1.92 bits per heavy atom. The molecule has 0 aliphatic carbocycles. The van der Waals surface area contributed by atoms with Gasteiger partial charge in [0.2, 0.25) is 0 Å². The second-order valence-corrected chi connectivity index (χ2v) is 8.80. The summed E-state index contributed by atoms with van der Waals surface area (Å²) in [6.45, 7) is 8.93. The highest BCUT2D eigenvalue weighted by atomic mass is 32.1. The molecule has 0 radical (unpaired) electrons. The van der Waals surface area contributed by atoms with Crippen molar-refractivity contribution in [2.75, 3.05) is 26.2 Å². The van der Waals surface area contributed by atoms with E-state index >= 15 is 0 Å². The van der Waals surface area contributed by atoms with E-state index in [9.17, 15) is 4.79 Å². The van der Waals surface area contributed by atoms with Crippen molar-refractivity contribution in [2.24, 2.45) is 18.9 Å². The van der Waals surface area contributed by atoms with Gasteiger partial charge in [-0.15, -0.1) is 11.3 Å². The van der Waals surface area contributed by atoms with Crippen molar-refractivity contribution in [1.29, 1.82) is 0 Å². The quantitative estimate of drug-likeness (QED) is 0.829. The van der Waals surface area contributed by atoms with Crippen molar-refractivity contribution in [3.05, 3.63) is 33.5 Å². The smallest absolute Gasteiger partial charge is 0.272 e. The van der Waals surface area contributed by atoms with Crippen LogP contribution in [0.2, 0.25) is 0 Å². The molecule has 1 amide bonds. The molecule has 6 nitrogen and oxygen atoms in total. The molecule has 140 valence electrons. The number of carbonyl (C=O) groups is 1. The highest BCUT2D eigenvalue weighted by Crippen LogP contribution is 2.33. The third kappa shape index (κ3) is 3.55. The molecule has 26 heavy (non-hydrogen) atoms. The molecule has 0 bridgehead atoms. The predicted molar refractivity (Wildman–Crippen MR) is 102 cm³/mol. The lowest BCUT2D eigenvalue weighted by molar-refractivity contribution is 0.0769. The molecule has 2 atom stereocenters. The Morgan fingerprint density at radius 3 is 2.46 bits per heavy atom. The summed E-state index contributed by atoms with van der Waals surface area (Å²) in [4.78, 5) is 22.0. The van der Waals surface area contributed by atoms with Crippen LogP contribution in [0.4, 0.5) is 0 Å². The van der Waals surface area contributed by atoms with E-state index in [4.69, 9.17) is 0 Å². The van der Waals surface area contributed by atoms with Gasteiger partial charge in [0.15, 0.2) is 0 Å². The van der Waals surface area contributed by atoms with Crippen molar-refractivity contribution < 1.29 is 4.79 Å². The minimum absolute atomic E-state index is 0.135. The lowest BCUT2D eigenvalue weighted by Crippen LogP contribution is -2.32. The zero-order chi connectivity index (χ0) is 18.3. The van der Waals surface area contributed by atoms with Gasteiger partial charge in [-0.3, -0.25) is 14.4 Å². The Morgan fingerprint density at radius 1 is 1.23 bits per heavy atom. The fourth-order valence-electron chi connectivity index (χ4n) is 4.41. The van der Waals surface area contributed by atoms with Gasteiger partial charge in [-0.1, -0.05) is 0 Å². The van der Waals surface area contributed by atoms with E-state index in [1.165, 1.54) is 18.5 Å². The Balaban J connectivity index is 1.36. The van der Waals surface area contributed by atoms with Gasteiger partial charge < -0.3 is 4.90 Å². The molecule has 0 aromatic carbocycles. The fraction of sp³-hybridized carbons (Fsp3) is 0.632. The molecule has 0 N–H and O–H groups in total. The molecule has 2 saturated heterocycles. The summed E-state index contributed by atoms with van der Waals surface area (Å²) in [6, 6.07) is 1.90. The van der Waals surface area contributed by atoms with Crippen LogP contribution in [0.5, 0.6) is 0 Å². The van der Waals surface area contributed by atoms with Crippen molar-refractivity contribution >= 4 is 17.2 Å². The average Bonchev–Trinajstić information content (AvgIpc) is 3.25. The Labute approximate surface area is 158 Å². The van der Waals surface area contributed by atoms with Crippen molar-refractivity contribution in [3.8, 4) is 0 Å². The van der Waals surface area contributed by atoms with E-state index in [1.807, 2.05) is 24.9 Å². The van der Waals surface area contributed by atoms with Gasteiger partial charge in [-0.2, -0.15) is 5.10 Å². The largest absolute Gasteiger partial charge is 0.337 e. The summed E-state index contributed by atoms with van der Waals surface area (Å²) in [5.74, 6) is 1.38. The first kappa shape index (κ1) is 17.7. The second-order valence-electron chi connectivity index (χ2n) is 7.74. The van der Waals surface area contributed by atoms with Crippen molar-refractivity contribution in [2.45, 2.75) is 33.2 Å². The van der Waals surface area contributed by atoms with Gasteiger partial charge in [-0.25, -0.2) is 4.98 Å². The van der Waals surface area contributed by atoms with Crippen LogP contribution < -0.4 is 0 Å². The van der Waals surface area contributed by atoms with Gasteiger partial charge in [0, 0.05) is 32.1 Å². The maximum absolute atomic E-state index is 12.9. The standard InChI is InChI=1S/C19H27N5OS/c1-13-8-18(22(3)21-13)19(25)24-9-15-4-6-23(7-5-16(15)10-24)11-17-12-26-14(2)20-17/h8,12,15-16H,4-7,9-11H2,1-3H3/t15-,16+. The number of amides is 1. The first-order chi connectivity index (χ1) is 12.5. The van der Waals surface area contributed by atoms with Crippen LogP contribution in [0.3, 0.4) is 0 Å². The molecule has 2 aliphatic heterocycles. The summed E-state index contributed by atoms with van der Waals surface area (Å²) in [7, 11) is 1.85. The van der Waals surface area contributed by atoms with Crippen molar-refractivity contribution in [1.82, 2.24) is 24.6 Å². The summed E-state index contributed by atoms with van der Waals surface area (Å²) in [5, 5.41) is 7.64. The topological polar surface area (TPSA) is 54.3 Å². The fourth-order valence-corrected chi connectivity index (χ4v) is 5.01. The number of hydrogen-bond acceptors (Lipinski definition) is 5. The molecule has 0 saturated carbocycles. The lowest BCUT2D eigenvalue weighted by atomic mass is 9.92. The Bertz CT molecular complexity index is 782. The Kier molecular flexibility index (Phi) is 4.84. The second kappa shape index (κ2) is 7.12. The molecule has 0 unspecified atom stereocenters. The van der Waals surface area contributed by atoms with E-state index in [-0.39, 0.29) is 5.91 Å².